The summed E-state index contributed by atoms with van der Waals surface area (Å²) in [6.07, 6.45) is 2.65. The summed E-state index contributed by atoms with van der Waals surface area (Å²) in [6.45, 7) is 2.46. The number of rotatable bonds is 3. The summed E-state index contributed by atoms with van der Waals surface area (Å²) in [5, 5.41) is 3.16. The van der Waals surface area contributed by atoms with E-state index in [2.05, 4.69) is 15.2 Å². The predicted octanol–water partition coefficient (Wildman–Crippen LogP) is 2.80. The van der Waals surface area contributed by atoms with Crippen molar-refractivity contribution < 1.29 is 8.78 Å². The van der Waals surface area contributed by atoms with Crippen molar-refractivity contribution in [2.45, 2.75) is 19.3 Å². The Morgan fingerprint density at radius 1 is 1.25 bits per heavy atom. The largest absolute Gasteiger partial charge is 0.356 e. The highest BCUT2D eigenvalue weighted by molar-refractivity contribution is 14.0. The maximum absolute atomic E-state index is 13.4. The monoisotopic (exact) mass is 395 g/mol. The zero-order valence-corrected chi connectivity index (χ0v) is 13.9. The van der Waals surface area contributed by atoms with E-state index in [1.807, 2.05) is 0 Å². The molecule has 0 radical (unpaired) electrons. The lowest BCUT2D eigenvalue weighted by Gasteiger charge is -2.20. The summed E-state index contributed by atoms with van der Waals surface area (Å²) >= 11 is 0. The van der Waals surface area contributed by atoms with E-state index in [0.717, 1.165) is 19.0 Å². The number of nitrogens with one attached hydrogen (secondary N) is 1. The molecular formula is C14H20F2IN3. The molecule has 0 amide bonds. The van der Waals surface area contributed by atoms with Gasteiger partial charge in [0.1, 0.15) is 11.6 Å². The molecule has 0 saturated carbocycles. The van der Waals surface area contributed by atoms with Crippen LogP contribution in [0.25, 0.3) is 0 Å². The number of nitrogens with zero attached hydrogens (tertiary/aromatic N) is 2. The first-order chi connectivity index (χ1) is 9.22. The molecule has 1 fully saturated rings. The van der Waals surface area contributed by atoms with Gasteiger partial charge in [-0.1, -0.05) is 6.07 Å². The van der Waals surface area contributed by atoms with Gasteiger partial charge in [0.05, 0.1) is 0 Å². The first-order valence-corrected chi connectivity index (χ1v) is 6.61. The molecule has 1 heterocycles. The quantitative estimate of drug-likeness (QED) is 0.484. The van der Waals surface area contributed by atoms with Crippen molar-refractivity contribution in [1.82, 2.24) is 10.2 Å². The Labute approximate surface area is 135 Å². The lowest BCUT2D eigenvalue weighted by atomic mass is 10.1. The zero-order chi connectivity index (χ0) is 13.7. The van der Waals surface area contributed by atoms with E-state index in [-0.39, 0.29) is 29.5 Å². The molecule has 0 bridgehead atoms. The SMILES string of the molecule is CN=C(NCCc1c(F)cccc1F)N1CCCC1.I. The fourth-order valence-corrected chi connectivity index (χ4v) is 2.33. The van der Waals surface area contributed by atoms with E-state index in [9.17, 15) is 8.78 Å². The Hall–Kier alpha value is -0.920. The molecule has 0 spiro atoms. The molecule has 1 N–H and O–H groups in total. The van der Waals surface area contributed by atoms with Crippen LogP contribution in [-0.2, 0) is 6.42 Å². The molecule has 1 aromatic carbocycles. The lowest BCUT2D eigenvalue weighted by molar-refractivity contribution is 0.491. The third kappa shape index (κ3) is 4.29. The molecule has 3 nitrogen and oxygen atoms in total. The fraction of sp³-hybridized carbons (Fsp3) is 0.500. The molecule has 1 aliphatic rings. The second-order valence-electron chi connectivity index (χ2n) is 4.62. The van der Waals surface area contributed by atoms with E-state index < -0.39 is 11.6 Å². The summed E-state index contributed by atoms with van der Waals surface area (Å²) in [6, 6.07) is 3.95. The molecule has 1 aromatic rings. The molecule has 6 heteroatoms. The molecule has 0 aliphatic carbocycles. The average molecular weight is 395 g/mol. The second-order valence-corrected chi connectivity index (χ2v) is 4.62. The van der Waals surface area contributed by atoms with Crippen LogP contribution < -0.4 is 5.32 Å². The fourth-order valence-electron chi connectivity index (χ4n) is 2.33. The van der Waals surface area contributed by atoms with Crippen LogP contribution in [0.2, 0.25) is 0 Å². The van der Waals surface area contributed by atoms with Gasteiger partial charge in [0.15, 0.2) is 5.96 Å². The van der Waals surface area contributed by atoms with Gasteiger partial charge >= 0.3 is 0 Å². The van der Waals surface area contributed by atoms with Gasteiger partial charge in [-0.15, -0.1) is 24.0 Å². The molecule has 0 unspecified atom stereocenters. The number of hydrogen-bond donors (Lipinski definition) is 1. The average Bonchev–Trinajstić information content (AvgIpc) is 2.91. The Kier molecular flexibility index (Phi) is 7.18. The molecule has 2 rings (SSSR count). The van der Waals surface area contributed by atoms with Crippen molar-refractivity contribution in [1.29, 1.82) is 0 Å². The summed E-state index contributed by atoms with van der Waals surface area (Å²) in [4.78, 5) is 6.35. The van der Waals surface area contributed by atoms with Crippen molar-refractivity contribution in [3.63, 3.8) is 0 Å². The highest BCUT2D eigenvalue weighted by Crippen LogP contribution is 2.12. The van der Waals surface area contributed by atoms with E-state index >= 15 is 0 Å². The smallest absolute Gasteiger partial charge is 0.193 e. The normalized spacial score (nSPS) is 15.2. The van der Waals surface area contributed by atoms with Crippen molar-refractivity contribution in [3.05, 3.63) is 35.4 Å². The molecular weight excluding hydrogens is 375 g/mol. The van der Waals surface area contributed by atoms with Gasteiger partial charge in [0, 0.05) is 32.2 Å². The van der Waals surface area contributed by atoms with Gasteiger partial charge in [-0.2, -0.15) is 0 Å². The zero-order valence-electron chi connectivity index (χ0n) is 11.5. The first-order valence-electron chi connectivity index (χ1n) is 6.61. The Bertz CT molecular complexity index is 439. The summed E-state index contributed by atoms with van der Waals surface area (Å²) in [7, 11) is 1.73. The Morgan fingerprint density at radius 2 is 1.85 bits per heavy atom. The maximum atomic E-state index is 13.4. The van der Waals surface area contributed by atoms with Crippen molar-refractivity contribution in [2.75, 3.05) is 26.7 Å². The molecule has 0 atom stereocenters. The van der Waals surface area contributed by atoms with Crippen LogP contribution in [0.15, 0.2) is 23.2 Å². The van der Waals surface area contributed by atoms with Gasteiger partial charge < -0.3 is 10.2 Å². The van der Waals surface area contributed by atoms with Gasteiger partial charge in [-0.3, -0.25) is 4.99 Å². The standard InChI is InChI=1S/C14H19F2N3.HI/c1-17-14(19-9-2-3-10-19)18-8-7-11-12(15)5-4-6-13(11)16;/h4-6H,2-3,7-10H2,1H3,(H,17,18);1H. The minimum Gasteiger partial charge on any atom is -0.356 e. The molecule has 0 aromatic heterocycles. The predicted molar refractivity (Wildman–Crippen MR) is 87.6 cm³/mol. The number of likely N-dealkylation sites (tertiary alicyclic amines) is 1. The van der Waals surface area contributed by atoms with Crippen LogP contribution in [0, 0.1) is 11.6 Å². The molecule has 1 saturated heterocycles. The summed E-state index contributed by atoms with van der Waals surface area (Å²) in [5.41, 5.74) is 0.131. The van der Waals surface area contributed by atoms with Gasteiger partial charge in [0.2, 0.25) is 0 Å². The van der Waals surface area contributed by atoms with Crippen LogP contribution in [0.1, 0.15) is 18.4 Å². The first kappa shape index (κ1) is 17.1. The van der Waals surface area contributed by atoms with Crippen LogP contribution in [0.5, 0.6) is 0 Å². The summed E-state index contributed by atoms with van der Waals surface area (Å²) < 4.78 is 26.9. The molecule has 1 aliphatic heterocycles. The number of aliphatic imine (C=N–C) groups is 1. The van der Waals surface area contributed by atoms with E-state index in [4.69, 9.17) is 0 Å². The van der Waals surface area contributed by atoms with E-state index in [1.54, 1.807) is 7.05 Å². The second kappa shape index (κ2) is 8.39. The maximum Gasteiger partial charge on any atom is 0.193 e. The van der Waals surface area contributed by atoms with Crippen molar-refractivity contribution in [2.24, 2.45) is 4.99 Å². The molecule has 112 valence electrons. The number of guanidine groups is 1. The Morgan fingerprint density at radius 3 is 2.40 bits per heavy atom. The van der Waals surface area contributed by atoms with Gasteiger partial charge in [0.25, 0.3) is 0 Å². The minimum atomic E-state index is -0.488. The number of benzene rings is 1. The third-order valence-corrected chi connectivity index (χ3v) is 3.34. The molecule has 20 heavy (non-hydrogen) atoms. The summed E-state index contributed by atoms with van der Waals surface area (Å²) in [5.74, 6) is -0.162. The van der Waals surface area contributed by atoms with E-state index in [0.29, 0.717) is 13.0 Å². The van der Waals surface area contributed by atoms with Gasteiger partial charge in [-0.05, 0) is 31.4 Å². The van der Waals surface area contributed by atoms with E-state index in [1.165, 1.54) is 31.0 Å². The minimum absolute atomic E-state index is 0. The number of hydrogen-bond acceptors (Lipinski definition) is 1. The van der Waals surface area contributed by atoms with Gasteiger partial charge in [-0.25, -0.2) is 8.78 Å². The lowest BCUT2D eigenvalue weighted by Crippen LogP contribution is -2.40. The van der Waals surface area contributed by atoms with Crippen molar-refractivity contribution >= 4 is 29.9 Å². The number of halogens is 3. The van der Waals surface area contributed by atoms with Crippen LogP contribution in [0.3, 0.4) is 0 Å². The topological polar surface area (TPSA) is 27.6 Å². The third-order valence-electron chi connectivity index (χ3n) is 3.34. The highest BCUT2D eigenvalue weighted by Gasteiger charge is 2.15. The van der Waals surface area contributed by atoms with Crippen LogP contribution in [0.4, 0.5) is 8.78 Å². The van der Waals surface area contributed by atoms with Crippen molar-refractivity contribution in [3.8, 4) is 0 Å². The van der Waals surface area contributed by atoms with Crippen LogP contribution >= 0.6 is 24.0 Å². The highest BCUT2D eigenvalue weighted by atomic mass is 127. The Balaban J connectivity index is 0.00000200. The van der Waals surface area contributed by atoms with Crippen LogP contribution in [-0.4, -0.2) is 37.5 Å².